The fraction of sp³-hybridized carbons (Fsp3) is 0.120. The Labute approximate surface area is 178 Å². The fourth-order valence-corrected chi connectivity index (χ4v) is 4.76. The van der Waals surface area contributed by atoms with Crippen LogP contribution in [0, 0.1) is 0 Å². The van der Waals surface area contributed by atoms with Gasteiger partial charge in [0.2, 0.25) is 5.91 Å². The first-order valence-electron chi connectivity index (χ1n) is 10.1. The van der Waals surface area contributed by atoms with E-state index in [4.69, 9.17) is 4.98 Å². The van der Waals surface area contributed by atoms with Crippen LogP contribution < -0.4 is 5.32 Å². The summed E-state index contributed by atoms with van der Waals surface area (Å²) in [4.78, 5) is 20.7. The molecule has 0 fully saturated rings. The third kappa shape index (κ3) is 3.72. The van der Waals surface area contributed by atoms with Crippen molar-refractivity contribution >= 4 is 44.1 Å². The van der Waals surface area contributed by atoms with Gasteiger partial charge >= 0.3 is 0 Å². The third-order valence-electron chi connectivity index (χ3n) is 5.25. The Morgan fingerprint density at radius 3 is 2.70 bits per heavy atom. The lowest BCUT2D eigenvalue weighted by atomic mass is 10.1. The van der Waals surface area contributed by atoms with Crippen LogP contribution >= 0.6 is 11.3 Å². The first-order valence-corrected chi connectivity index (χ1v) is 10.9. The predicted octanol–water partition coefficient (Wildman–Crippen LogP) is 6.41. The van der Waals surface area contributed by atoms with Gasteiger partial charge in [0.1, 0.15) is 5.01 Å². The number of nitrogens with one attached hydrogen (secondary N) is 2. The number of nitrogens with zero attached hydrogens (tertiary/aromatic N) is 1. The van der Waals surface area contributed by atoms with Gasteiger partial charge in [-0.1, -0.05) is 42.5 Å². The number of hydrogen-bond acceptors (Lipinski definition) is 3. The summed E-state index contributed by atoms with van der Waals surface area (Å²) in [5, 5.41) is 5.25. The Bertz CT molecular complexity index is 1300. The number of fused-ring (bicyclic) bond motifs is 2. The average Bonchev–Trinajstić information content (AvgIpc) is 3.38. The number of carbonyl (C=O) groups is 1. The van der Waals surface area contributed by atoms with Crippen molar-refractivity contribution in [3.05, 3.63) is 84.6 Å². The van der Waals surface area contributed by atoms with Crippen LogP contribution in [0.4, 0.5) is 5.69 Å². The van der Waals surface area contributed by atoms with E-state index in [1.165, 1.54) is 10.9 Å². The van der Waals surface area contributed by atoms with Crippen LogP contribution in [0.15, 0.2) is 79.0 Å². The first kappa shape index (κ1) is 18.6. The number of rotatable bonds is 6. The van der Waals surface area contributed by atoms with Gasteiger partial charge in [-0.25, -0.2) is 4.98 Å². The first-order chi connectivity index (χ1) is 14.8. The van der Waals surface area contributed by atoms with Gasteiger partial charge in [-0.15, -0.1) is 11.3 Å². The third-order valence-corrected chi connectivity index (χ3v) is 6.32. The average molecular weight is 412 g/mol. The van der Waals surface area contributed by atoms with Crippen LogP contribution in [-0.4, -0.2) is 15.9 Å². The molecule has 148 valence electrons. The molecule has 0 atom stereocenters. The number of carbonyl (C=O) groups excluding carboxylic acids is 1. The van der Waals surface area contributed by atoms with Crippen molar-refractivity contribution in [2.45, 2.75) is 19.3 Å². The highest BCUT2D eigenvalue weighted by atomic mass is 32.1. The molecule has 0 bridgehead atoms. The van der Waals surface area contributed by atoms with E-state index in [0.717, 1.165) is 44.8 Å². The van der Waals surface area contributed by atoms with E-state index in [1.807, 2.05) is 60.8 Å². The van der Waals surface area contributed by atoms with Gasteiger partial charge in [0, 0.05) is 29.1 Å². The van der Waals surface area contributed by atoms with Crippen LogP contribution in [0.1, 0.15) is 18.4 Å². The summed E-state index contributed by atoms with van der Waals surface area (Å²) in [6, 6.07) is 24.2. The molecule has 5 heteroatoms. The van der Waals surface area contributed by atoms with Crippen LogP contribution in [0.2, 0.25) is 0 Å². The predicted molar refractivity (Wildman–Crippen MR) is 125 cm³/mol. The topological polar surface area (TPSA) is 57.8 Å². The van der Waals surface area contributed by atoms with Gasteiger partial charge < -0.3 is 10.3 Å². The van der Waals surface area contributed by atoms with Crippen molar-refractivity contribution in [3.63, 3.8) is 0 Å². The smallest absolute Gasteiger partial charge is 0.224 e. The summed E-state index contributed by atoms with van der Waals surface area (Å²) in [6.45, 7) is 0. The van der Waals surface area contributed by atoms with Crippen molar-refractivity contribution in [1.82, 2.24) is 9.97 Å². The highest BCUT2D eigenvalue weighted by molar-refractivity contribution is 7.21. The number of H-pyrrole nitrogens is 1. The van der Waals surface area contributed by atoms with Gasteiger partial charge in [0.15, 0.2) is 0 Å². The summed E-state index contributed by atoms with van der Waals surface area (Å²) in [6.07, 6.45) is 4.20. The molecule has 0 unspecified atom stereocenters. The molecule has 5 rings (SSSR count). The van der Waals surface area contributed by atoms with E-state index in [-0.39, 0.29) is 5.91 Å². The molecule has 3 aromatic carbocycles. The second-order valence-corrected chi connectivity index (χ2v) is 8.32. The molecule has 0 saturated carbocycles. The lowest BCUT2D eigenvalue weighted by Gasteiger charge is -2.09. The monoisotopic (exact) mass is 411 g/mol. The van der Waals surface area contributed by atoms with E-state index >= 15 is 0 Å². The minimum atomic E-state index is 0.0309. The maximum absolute atomic E-state index is 12.6. The van der Waals surface area contributed by atoms with Gasteiger partial charge in [-0.3, -0.25) is 4.79 Å². The van der Waals surface area contributed by atoms with E-state index in [9.17, 15) is 4.79 Å². The number of aromatic nitrogens is 2. The molecule has 0 aliphatic carbocycles. The molecule has 0 aliphatic heterocycles. The normalized spacial score (nSPS) is 11.2. The zero-order valence-corrected chi connectivity index (χ0v) is 17.2. The highest BCUT2D eigenvalue weighted by Gasteiger charge is 2.12. The molecular weight excluding hydrogens is 390 g/mol. The molecular formula is C25H21N3OS. The number of hydrogen-bond donors (Lipinski definition) is 2. The molecule has 1 amide bonds. The molecule has 4 nitrogen and oxygen atoms in total. The summed E-state index contributed by atoms with van der Waals surface area (Å²) in [7, 11) is 0. The minimum Gasteiger partial charge on any atom is -0.361 e. The lowest BCUT2D eigenvalue weighted by Crippen LogP contribution is -2.12. The lowest BCUT2D eigenvalue weighted by molar-refractivity contribution is -0.116. The zero-order chi connectivity index (χ0) is 20.3. The molecule has 0 aliphatic rings. The Kier molecular flexibility index (Phi) is 5.03. The van der Waals surface area contributed by atoms with Crippen molar-refractivity contribution in [2.24, 2.45) is 0 Å². The van der Waals surface area contributed by atoms with E-state index in [2.05, 4.69) is 28.5 Å². The fourth-order valence-electron chi connectivity index (χ4n) is 3.76. The van der Waals surface area contributed by atoms with Crippen LogP contribution in [0.3, 0.4) is 0 Å². The Morgan fingerprint density at radius 2 is 1.77 bits per heavy atom. The van der Waals surface area contributed by atoms with Crippen LogP contribution in [0.5, 0.6) is 0 Å². The minimum absolute atomic E-state index is 0.0309. The van der Waals surface area contributed by atoms with E-state index in [0.29, 0.717) is 6.42 Å². The Balaban J connectivity index is 1.27. The molecule has 0 radical (unpaired) electrons. The Morgan fingerprint density at radius 1 is 0.967 bits per heavy atom. The SMILES string of the molecule is O=C(CCCc1c[nH]c2ccccc12)Nc1ccccc1-c1nc2ccccc2s1. The summed E-state index contributed by atoms with van der Waals surface area (Å²) in [5.41, 5.74) is 5.16. The number of aromatic amines is 1. The molecule has 2 heterocycles. The molecule has 5 aromatic rings. The molecule has 2 N–H and O–H groups in total. The number of thiazole rings is 1. The number of aryl methyl sites for hydroxylation is 1. The maximum atomic E-state index is 12.6. The van der Waals surface area contributed by atoms with Crippen molar-refractivity contribution in [2.75, 3.05) is 5.32 Å². The second-order valence-electron chi connectivity index (χ2n) is 7.29. The van der Waals surface area contributed by atoms with Crippen LogP contribution in [-0.2, 0) is 11.2 Å². The number of benzene rings is 3. The molecule has 0 saturated heterocycles. The summed E-state index contributed by atoms with van der Waals surface area (Å²) >= 11 is 1.64. The van der Waals surface area contributed by atoms with Gasteiger partial charge in [0.25, 0.3) is 0 Å². The quantitative estimate of drug-likeness (QED) is 0.339. The van der Waals surface area contributed by atoms with E-state index in [1.54, 1.807) is 11.3 Å². The number of amides is 1. The number of para-hydroxylation sites is 3. The maximum Gasteiger partial charge on any atom is 0.224 e. The summed E-state index contributed by atoms with van der Waals surface area (Å²) < 4.78 is 1.15. The zero-order valence-electron chi connectivity index (χ0n) is 16.4. The van der Waals surface area contributed by atoms with E-state index < -0.39 is 0 Å². The highest BCUT2D eigenvalue weighted by Crippen LogP contribution is 2.34. The Hall–Kier alpha value is -3.44. The molecule has 30 heavy (non-hydrogen) atoms. The second kappa shape index (κ2) is 8.13. The van der Waals surface area contributed by atoms with Gasteiger partial charge in [-0.05, 0) is 48.7 Å². The van der Waals surface area contributed by atoms with Gasteiger partial charge in [-0.2, -0.15) is 0 Å². The molecule has 0 spiro atoms. The number of anilines is 1. The van der Waals surface area contributed by atoms with Crippen LogP contribution in [0.25, 0.3) is 31.7 Å². The van der Waals surface area contributed by atoms with Crippen molar-refractivity contribution < 1.29 is 4.79 Å². The summed E-state index contributed by atoms with van der Waals surface area (Å²) in [5.74, 6) is 0.0309. The van der Waals surface area contributed by atoms with Gasteiger partial charge in [0.05, 0.1) is 15.9 Å². The van der Waals surface area contributed by atoms with Crippen molar-refractivity contribution in [3.8, 4) is 10.6 Å². The largest absolute Gasteiger partial charge is 0.361 e. The standard InChI is InChI=1S/C25H21N3OS/c29-24(15-7-8-17-16-26-20-11-3-1-9-18(17)20)27-21-12-4-2-10-19(21)25-28-22-13-5-6-14-23(22)30-25/h1-6,9-14,16,26H,7-8,15H2,(H,27,29). The van der Waals surface area contributed by atoms with Crippen molar-refractivity contribution in [1.29, 1.82) is 0 Å². The molecule has 2 aromatic heterocycles.